The number of anilines is 1. The fourth-order valence-electron chi connectivity index (χ4n) is 2.98. The van der Waals surface area contributed by atoms with Crippen molar-refractivity contribution in [3.05, 3.63) is 83.8 Å². The molecule has 0 N–H and O–H groups in total. The molecule has 0 fully saturated rings. The quantitative estimate of drug-likeness (QED) is 0.463. The number of thiazole rings is 1. The highest BCUT2D eigenvalue weighted by molar-refractivity contribution is 7.22. The van der Waals surface area contributed by atoms with Gasteiger partial charge >= 0.3 is 0 Å². The van der Waals surface area contributed by atoms with Crippen LogP contribution in [0.1, 0.15) is 23.8 Å². The molecule has 2 aromatic carbocycles. The Morgan fingerprint density at radius 2 is 1.93 bits per heavy atom. The standard InChI is InChI=1S/C22H20N2O2S/c1-2-16-10-11-19-20(13-16)27-22(23-19)24(15-18-9-6-12-26-18)21(25)14-17-7-4-3-5-8-17/h3-13H,2,14-15H2,1H3. The van der Waals surface area contributed by atoms with Gasteiger partial charge in [0.25, 0.3) is 0 Å². The molecule has 0 saturated heterocycles. The molecule has 4 rings (SSSR count). The van der Waals surface area contributed by atoms with Crippen LogP contribution in [0.25, 0.3) is 10.2 Å². The SMILES string of the molecule is CCc1ccc2nc(N(Cc3ccco3)C(=O)Cc3ccccc3)sc2c1. The molecule has 0 saturated carbocycles. The fraction of sp³-hybridized carbons (Fsp3) is 0.182. The number of carbonyl (C=O) groups is 1. The molecule has 0 bridgehead atoms. The van der Waals surface area contributed by atoms with Crippen molar-refractivity contribution in [1.29, 1.82) is 0 Å². The van der Waals surface area contributed by atoms with Gasteiger partial charge in [0, 0.05) is 0 Å². The zero-order valence-electron chi connectivity index (χ0n) is 15.1. The summed E-state index contributed by atoms with van der Waals surface area (Å²) in [6.07, 6.45) is 2.94. The third-order valence-corrected chi connectivity index (χ3v) is 5.52. The predicted octanol–water partition coefficient (Wildman–Crippen LogP) is 5.23. The molecule has 27 heavy (non-hydrogen) atoms. The lowest BCUT2D eigenvalue weighted by Gasteiger charge is -2.18. The number of fused-ring (bicyclic) bond motifs is 1. The van der Waals surface area contributed by atoms with Gasteiger partial charge in [-0.1, -0.05) is 54.7 Å². The summed E-state index contributed by atoms with van der Waals surface area (Å²) in [5, 5.41) is 0.704. The van der Waals surface area contributed by atoms with Crippen LogP contribution < -0.4 is 4.90 Å². The smallest absolute Gasteiger partial charge is 0.233 e. The van der Waals surface area contributed by atoms with Crippen LogP contribution in [-0.4, -0.2) is 10.9 Å². The van der Waals surface area contributed by atoms with Crippen molar-refractivity contribution in [2.75, 3.05) is 4.90 Å². The van der Waals surface area contributed by atoms with Gasteiger partial charge in [0.05, 0.1) is 29.4 Å². The Bertz CT molecular complexity index is 1040. The number of hydrogen-bond acceptors (Lipinski definition) is 4. The minimum Gasteiger partial charge on any atom is -0.467 e. The Morgan fingerprint density at radius 3 is 2.67 bits per heavy atom. The van der Waals surface area contributed by atoms with E-state index >= 15 is 0 Å². The number of nitrogens with zero attached hydrogens (tertiary/aromatic N) is 2. The molecular weight excluding hydrogens is 356 g/mol. The molecule has 0 aliphatic heterocycles. The molecule has 2 heterocycles. The third kappa shape index (κ3) is 3.93. The van der Waals surface area contributed by atoms with Crippen molar-refractivity contribution < 1.29 is 9.21 Å². The number of hydrogen-bond donors (Lipinski definition) is 0. The van der Waals surface area contributed by atoms with Crippen LogP contribution in [0.3, 0.4) is 0 Å². The van der Waals surface area contributed by atoms with Gasteiger partial charge in [0.2, 0.25) is 5.91 Å². The summed E-state index contributed by atoms with van der Waals surface area (Å²) < 4.78 is 6.58. The number of aromatic nitrogens is 1. The van der Waals surface area contributed by atoms with E-state index in [4.69, 9.17) is 9.40 Å². The number of aryl methyl sites for hydroxylation is 1. The van der Waals surface area contributed by atoms with Gasteiger partial charge in [-0.25, -0.2) is 4.98 Å². The summed E-state index contributed by atoms with van der Waals surface area (Å²) in [4.78, 5) is 19.5. The number of furan rings is 1. The second-order valence-electron chi connectivity index (χ2n) is 6.37. The molecule has 136 valence electrons. The van der Waals surface area contributed by atoms with Crippen LogP contribution in [0.2, 0.25) is 0 Å². The van der Waals surface area contributed by atoms with Gasteiger partial charge in [-0.2, -0.15) is 0 Å². The highest BCUT2D eigenvalue weighted by Crippen LogP contribution is 2.31. The van der Waals surface area contributed by atoms with Crippen LogP contribution in [0.15, 0.2) is 71.3 Å². The maximum absolute atomic E-state index is 13.1. The lowest BCUT2D eigenvalue weighted by Crippen LogP contribution is -2.31. The van der Waals surface area contributed by atoms with Crippen molar-refractivity contribution in [3.8, 4) is 0 Å². The summed E-state index contributed by atoms with van der Waals surface area (Å²) in [5.41, 5.74) is 3.18. The number of carbonyl (C=O) groups excluding carboxylic acids is 1. The molecule has 0 radical (unpaired) electrons. The van der Waals surface area contributed by atoms with E-state index in [9.17, 15) is 4.79 Å². The van der Waals surface area contributed by atoms with E-state index in [-0.39, 0.29) is 5.91 Å². The normalized spacial score (nSPS) is 11.0. The first kappa shape index (κ1) is 17.5. The van der Waals surface area contributed by atoms with Crippen molar-refractivity contribution in [1.82, 2.24) is 4.98 Å². The van der Waals surface area contributed by atoms with Gasteiger partial charge in [-0.3, -0.25) is 9.69 Å². The average Bonchev–Trinajstić information content (AvgIpc) is 3.35. The summed E-state index contributed by atoms with van der Waals surface area (Å²) in [5.74, 6) is 0.747. The first-order valence-corrected chi connectivity index (χ1v) is 9.80. The van der Waals surface area contributed by atoms with Crippen molar-refractivity contribution in [2.24, 2.45) is 0 Å². The van der Waals surface area contributed by atoms with E-state index in [1.165, 1.54) is 5.56 Å². The maximum atomic E-state index is 13.1. The molecule has 5 heteroatoms. The van der Waals surface area contributed by atoms with E-state index in [2.05, 4.69) is 19.1 Å². The minimum absolute atomic E-state index is 0.00683. The van der Waals surface area contributed by atoms with Gasteiger partial charge in [0.1, 0.15) is 5.76 Å². The van der Waals surface area contributed by atoms with E-state index in [1.54, 1.807) is 22.5 Å². The lowest BCUT2D eigenvalue weighted by molar-refractivity contribution is -0.118. The number of amides is 1. The largest absolute Gasteiger partial charge is 0.467 e. The zero-order chi connectivity index (χ0) is 18.6. The minimum atomic E-state index is 0.00683. The molecule has 1 amide bonds. The van der Waals surface area contributed by atoms with E-state index < -0.39 is 0 Å². The van der Waals surface area contributed by atoms with E-state index in [0.717, 1.165) is 28.0 Å². The molecule has 0 atom stereocenters. The van der Waals surface area contributed by atoms with Gasteiger partial charge < -0.3 is 4.42 Å². The summed E-state index contributed by atoms with van der Waals surface area (Å²) in [6.45, 7) is 2.51. The Kier molecular flexibility index (Phi) is 5.03. The van der Waals surface area contributed by atoms with Gasteiger partial charge in [0.15, 0.2) is 5.13 Å². The van der Waals surface area contributed by atoms with Crippen molar-refractivity contribution in [2.45, 2.75) is 26.3 Å². The van der Waals surface area contributed by atoms with Crippen LogP contribution in [0.4, 0.5) is 5.13 Å². The van der Waals surface area contributed by atoms with Gasteiger partial charge in [-0.05, 0) is 41.8 Å². The fourth-order valence-corrected chi connectivity index (χ4v) is 4.02. The van der Waals surface area contributed by atoms with Crippen molar-refractivity contribution in [3.63, 3.8) is 0 Å². The topological polar surface area (TPSA) is 46.3 Å². The van der Waals surface area contributed by atoms with E-state index in [0.29, 0.717) is 18.1 Å². The molecular formula is C22H20N2O2S. The summed E-state index contributed by atoms with van der Waals surface area (Å²) in [6, 6.07) is 19.8. The lowest BCUT2D eigenvalue weighted by atomic mass is 10.1. The molecule has 0 unspecified atom stereocenters. The molecule has 4 nitrogen and oxygen atoms in total. The van der Waals surface area contributed by atoms with Crippen molar-refractivity contribution >= 4 is 32.6 Å². The summed E-state index contributed by atoms with van der Waals surface area (Å²) in [7, 11) is 0. The Morgan fingerprint density at radius 1 is 1.07 bits per heavy atom. The third-order valence-electron chi connectivity index (χ3n) is 4.47. The average molecular weight is 376 g/mol. The molecule has 0 spiro atoms. The van der Waals surface area contributed by atoms with Crippen LogP contribution >= 0.6 is 11.3 Å². The molecule has 0 aliphatic rings. The molecule has 2 aromatic heterocycles. The maximum Gasteiger partial charge on any atom is 0.233 e. The second kappa shape index (κ2) is 7.76. The zero-order valence-corrected chi connectivity index (χ0v) is 15.9. The van der Waals surface area contributed by atoms with Crippen LogP contribution in [0.5, 0.6) is 0 Å². The molecule has 4 aromatic rings. The first-order valence-electron chi connectivity index (χ1n) is 8.99. The number of rotatable bonds is 6. The monoisotopic (exact) mass is 376 g/mol. The second-order valence-corrected chi connectivity index (χ2v) is 7.38. The summed E-state index contributed by atoms with van der Waals surface area (Å²) >= 11 is 1.55. The highest BCUT2D eigenvalue weighted by atomic mass is 32.1. The predicted molar refractivity (Wildman–Crippen MR) is 109 cm³/mol. The Balaban J connectivity index is 1.67. The van der Waals surface area contributed by atoms with Crippen LogP contribution in [0, 0.1) is 0 Å². The molecule has 0 aliphatic carbocycles. The van der Waals surface area contributed by atoms with Crippen LogP contribution in [-0.2, 0) is 24.2 Å². The first-order chi connectivity index (χ1) is 13.2. The van der Waals surface area contributed by atoms with E-state index in [1.807, 2.05) is 48.5 Å². The van der Waals surface area contributed by atoms with Gasteiger partial charge in [-0.15, -0.1) is 0 Å². The Hall–Kier alpha value is -2.92. The Labute approximate surface area is 162 Å². The highest BCUT2D eigenvalue weighted by Gasteiger charge is 2.21. The number of benzene rings is 2.